The van der Waals surface area contributed by atoms with Gasteiger partial charge in [0.15, 0.2) is 0 Å². The third kappa shape index (κ3) is 3.45. The second-order valence-electron chi connectivity index (χ2n) is 6.51. The van der Waals surface area contributed by atoms with Crippen molar-refractivity contribution in [1.82, 2.24) is 10.2 Å². The summed E-state index contributed by atoms with van der Waals surface area (Å²) in [6, 6.07) is 7.59. The van der Waals surface area contributed by atoms with E-state index < -0.39 is 5.60 Å². The summed E-state index contributed by atoms with van der Waals surface area (Å²) >= 11 is 6.10. The Morgan fingerprint density at radius 3 is 2.59 bits per heavy atom. The fraction of sp³-hybridized carbons (Fsp3) is 0.588. The Bertz CT molecular complexity index is 537. The van der Waals surface area contributed by atoms with E-state index in [1.807, 2.05) is 17.0 Å². The lowest BCUT2D eigenvalue weighted by molar-refractivity contribution is -0.0344. The van der Waals surface area contributed by atoms with Crippen molar-refractivity contribution in [3.63, 3.8) is 0 Å². The van der Waals surface area contributed by atoms with Gasteiger partial charge in [-0.1, -0.05) is 23.7 Å². The van der Waals surface area contributed by atoms with E-state index in [1.165, 1.54) is 0 Å². The molecule has 4 nitrogen and oxygen atoms in total. The number of rotatable bonds is 4. The summed E-state index contributed by atoms with van der Waals surface area (Å²) in [6.45, 7) is 2.15. The van der Waals surface area contributed by atoms with Crippen LogP contribution in [-0.2, 0) is 0 Å². The molecule has 2 aliphatic rings. The van der Waals surface area contributed by atoms with Crippen LogP contribution in [0.2, 0.25) is 5.02 Å². The maximum Gasteiger partial charge on any atom is 0.255 e. The highest BCUT2D eigenvalue weighted by molar-refractivity contribution is 6.33. The lowest BCUT2D eigenvalue weighted by Gasteiger charge is -2.39. The standard InChI is InChI=1S/C17H23ClN2O2/c18-15-5-2-1-4-14(15)16(21)20-10-6-13(7-11-20)19-12-17(22)8-3-9-17/h1-2,4-5,13,19,22H,3,6-12H2. The Labute approximate surface area is 136 Å². The Morgan fingerprint density at radius 1 is 1.32 bits per heavy atom. The molecule has 1 saturated carbocycles. The summed E-state index contributed by atoms with van der Waals surface area (Å²) < 4.78 is 0. The quantitative estimate of drug-likeness (QED) is 0.895. The van der Waals surface area contributed by atoms with E-state index >= 15 is 0 Å². The zero-order valence-electron chi connectivity index (χ0n) is 12.7. The Hall–Kier alpha value is -1.10. The van der Waals surface area contributed by atoms with E-state index in [0.29, 0.717) is 23.2 Å². The molecule has 1 amide bonds. The lowest BCUT2D eigenvalue weighted by Crippen LogP contribution is -2.52. The number of carbonyl (C=O) groups is 1. The Balaban J connectivity index is 1.49. The molecule has 2 fully saturated rings. The van der Waals surface area contributed by atoms with Crippen LogP contribution in [0, 0.1) is 0 Å². The second kappa shape index (κ2) is 6.57. The van der Waals surface area contributed by atoms with Crippen LogP contribution in [0.15, 0.2) is 24.3 Å². The smallest absolute Gasteiger partial charge is 0.255 e. The molecule has 1 aromatic rings. The van der Waals surface area contributed by atoms with Crippen molar-refractivity contribution in [2.24, 2.45) is 0 Å². The molecule has 1 aliphatic heterocycles. The maximum absolute atomic E-state index is 12.5. The minimum absolute atomic E-state index is 0.0154. The van der Waals surface area contributed by atoms with Gasteiger partial charge in [-0.3, -0.25) is 4.79 Å². The summed E-state index contributed by atoms with van der Waals surface area (Å²) in [4.78, 5) is 14.4. The summed E-state index contributed by atoms with van der Waals surface area (Å²) in [7, 11) is 0. The van der Waals surface area contributed by atoms with Crippen molar-refractivity contribution in [1.29, 1.82) is 0 Å². The molecule has 1 aliphatic carbocycles. The van der Waals surface area contributed by atoms with E-state index in [9.17, 15) is 9.90 Å². The van der Waals surface area contributed by atoms with Gasteiger partial charge in [0.05, 0.1) is 16.2 Å². The summed E-state index contributed by atoms with van der Waals surface area (Å²) in [6.07, 6.45) is 4.79. The van der Waals surface area contributed by atoms with Gasteiger partial charge in [-0.2, -0.15) is 0 Å². The molecule has 120 valence electrons. The van der Waals surface area contributed by atoms with Gasteiger partial charge in [0.25, 0.3) is 5.91 Å². The van der Waals surface area contributed by atoms with Gasteiger partial charge in [0.2, 0.25) is 0 Å². The van der Waals surface area contributed by atoms with Gasteiger partial charge >= 0.3 is 0 Å². The first kappa shape index (κ1) is 15.8. The van der Waals surface area contributed by atoms with E-state index in [4.69, 9.17) is 11.6 Å². The van der Waals surface area contributed by atoms with Crippen molar-refractivity contribution in [3.8, 4) is 0 Å². The topological polar surface area (TPSA) is 52.6 Å². The summed E-state index contributed by atoms with van der Waals surface area (Å²) in [5, 5.41) is 14.1. The number of hydrogen-bond acceptors (Lipinski definition) is 3. The fourth-order valence-electron chi connectivity index (χ4n) is 3.19. The zero-order chi connectivity index (χ0) is 15.6. The van der Waals surface area contributed by atoms with Gasteiger partial charge in [-0.05, 0) is 44.2 Å². The summed E-state index contributed by atoms with van der Waals surface area (Å²) in [5.74, 6) is 0.0154. The first-order chi connectivity index (χ1) is 10.6. The predicted octanol–water partition coefficient (Wildman–Crippen LogP) is 2.45. The molecule has 0 bridgehead atoms. The van der Waals surface area contributed by atoms with Crippen LogP contribution in [-0.4, -0.2) is 47.2 Å². The number of nitrogens with one attached hydrogen (secondary N) is 1. The number of likely N-dealkylation sites (tertiary alicyclic amines) is 1. The third-order valence-electron chi connectivity index (χ3n) is 4.89. The molecule has 1 heterocycles. The molecule has 2 N–H and O–H groups in total. The molecule has 22 heavy (non-hydrogen) atoms. The molecule has 0 atom stereocenters. The number of aliphatic hydroxyl groups is 1. The predicted molar refractivity (Wildman–Crippen MR) is 87.2 cm³/mol. The number of halogens is 1. The van der Waals surface area contributed by atoms with Crippen molar-refractivity contribution in [2.75, 3.05) is 19.6 Å². The molecule has 0 spiro atoms. The molecular formula is C17H23ClN2O2. The highest BCUT2D eigenvalue weighted by Crippen LogP contribution is 2.31. The van der Waals surface area contributed by atoms with Crippen LogP contribution in [0.1, 0.15) is 42.5 Å². The number of amides is 1. The minimum atomic E-state index is -0.482. The maximum atomic E-state index is 12.5. The normalized spacial score (nSPS) is 21.5. The lowest BCUT2D eigenvalue weighted by atomic mass is 9.80. The number of benzene rings is 1. The molecule has 0 radical (unpaired) electrons. The average Bonchev–Trinajstić information content (AvgIpc) is 2.51. The third-order valence-corrected chi connectivity index (χ3v) is 5.22. The first-order valence-corrected chi connectivity index (χ1v) is 8.45. The van der Waals surface area contributed by atoms with Gasteiger partial charge < -0.3 is 15.3 Å². The first-order valence-electron chi connectivity index (χ1n) is 8.07. The number of carbonyl (C=O) groups excluding carboxylic acids is 1. The minimum Gasteiger partial charge on any atom is -0.389 e. The monoisotopic (exact) mass is 322 g/mol. The molecular weight excluding hydrogens is 300 g/mol. The number of nitrogens with zero attached hydrogens (tertiary/aromatic N) is 1. The fourth-order valence-corrected chi connectivity index (χ4v) is 3.40. The van der Waals surface area contributed by atoms with Crippen molar-refractivity contribution in [3.05, 3.63) is 34.9 Å². The number of hydrogen-bond donors (Lipinski definition) is 2. The SMILES string of the molecule is O=C(c1ccccc1Cl)N1CCC(NCC2(O)CCC2)CC1. The highest BCUT2D eigenvalue weighted by atomic mass is 35.5. The Morgan fingerprint density at radius 2 is 2.00 bits per heavy atom. The van der Waals surface area contributed by atoms with Crippen LogP contribution in [0.25, 0.3) is 0 Å². The van der Waals surface area contributed by atoms with Crippen LogP contribution >= 0.6 is 11.6 Å². The van der Waals surface area contributed by atoms with E-state index in [1.54, 1.807) is 12.1 Å². The highest BCUT2D eigenvalue weighted by Gasteiger charge is 2.35. The van der Waals surface area contributed by atoms with Crippen molar-refractivity contribution >= 4 is 17.5 Å². The van der Waals surface area contributed by atoms with E-state index in [2.05, 4.69) is 5.32 Å². The van der Waals surface area contributed by atoms with E-state index in [0.717, 1.165) is 45.2 Å². The van der Waals surface area contributed by atoms with Gasteiger partial charge in [-0.25, -0.2) is 0 Å². The average molecular weight is 323 g/mol. The summed E-state index contributed by atoms with van der Waals surface area (Å²) in [5.41, 5.74) is 0.101. The second-order valence-corrected chi connectivity index (χ2v) is 6.91. The van der Waals surface area contributed by atoms with Crippen LogP contribution < -0.4 is 5.32 Å². The van der Waals surface area contributed by atoms with Crippen molar-refractivity contribution < 1.29 is 9.90 Å². The number of piperidine rings is 1. The zero-order valence-corrected chi connectivity index (χ0v) is 13.5. The molecule has 1 aromatic carbocycles. The molecule has 1 saturated heterocycles. The largest absolute Gasteiger partial charge is 0.389 e. The van der Waals surface area contributed by atoms with Crippen molar-refractivity contribution in [2.45, 2.75) is 43.7 Å². The van der Waals surface area contributed by atoms with Crippen LogP contribution in [0.3, 0.4) is 0 Å². The van der Waals surface area contributed by atoms with Crippen LogP contribution in [0.4, 0.5) is 0 Å². The van der Waals surface area contributed by atoms with Gasteiger partial charge in [-0.15, -0.1) is 0 Å². The van der Waals surface area contributed by atoms with E-state index in [-0.39, 0.29) is 5.91 Å². The van der Waals surface area contributed by atoms with Crippen LogP contribution in [0.5, 0.6) is 0 Å². The molecule has 0 unspecified atom stereocenters. The molecule has 3 rings (SSSR count). The van der Waals surface area contributed by atoms with Gasteiger partial charge in [0, 0.05) is 25.7 Å². The van der Waals surface area contributed by atoms with Gasteiger partial charge in [0.1, 0.15) is 0 Å². The Kier molecular flexibility index (Phi) is 4.71. The molecule has 5 heteroatoms. The molecule has 0 aromatic heterocycles.